The average molecular weight is 244 g/mol. The van der Waals surface area contributed by atoms with Gasteiger partial charge in [0, 0.05) is 0 Å². The van der Waals surface area contributed by atoms with Gasteiger partial charge in [0.1, 0.15) is 5.56 Å². The number of carbonyl (C=O) groups is 1. The van der Waals surface area contributed by atoms with Gasteiger partial charge in [-0.2, -0.15) is 5.10 Å². The van der Waals surface area contributed by atoms with Crippen molar-refractivity contribution in [1.29, 1.82) is 0 Å². The highest BCUT2D eigenvalue weighted by Crippen LogP contribution is 2.19. The summed E-state index contributed by atoms with van der Waals surface area (Å²) in [5, 5.41) is 13.4. The van der Waals surface area contributed by atoms with Crippen molar-refractivity contribution in [3.8, 4) is 5.69 Å². The number of nitrogens with zero attached hydrogens (tertiary/aromatic N) is 2. The normalized spacial score (nSPS) is 10.6. The fourth-order valence-corrected chi connectivity index (χ4v) is 2.04. The van der Waals surface area contributed by atoms with Crippen LogP contribution in [0.4, 0.5) is 0 Å². The zero-order valence-corrected chi connectivity index (χ0v) is 10.6. The van der Waals surface area contributed by atoms with Crippen LogP contribution in [-0.4, -0.2) is 20.9 Å². The first-order valence-electron chi connectivity index (χ1n) is 6.01. The van der Waals surface area contributed by atoms with Gasteiger partial charge in [0.2, 0.25) is 0 Å². The molecule has 0 aliphatic carbocycles. The molecular weight excluding hydrogens is 228 g/mol. The van der Waals surface area contributed by atoms with Gasteiger partial charge in [-0.1, -0.05) is 31.5 Å². The van der Waals surface area contributed by atoms with Crippen molar-refractivity contribution in [2.45, 2.75) is 26.7 Å². The molecule has 4 heteroatoms. The first-order valence-corrected chi connectivity index (χ1v) is 6.01. The molecule has 0 atom stereocenters. The fraction of sp³-hybridized carbons (Fsp3) is 0.286. The fourth-order valence-electron chi connectivity index (χ4n) is 2.04. The SMILES string of the molecule is CCCc1c(C(=O)O)cnn1-c1ccccc1C. The molecule has 1 aromatic heterocycles. The van der Waals surface area contributed by atoms with Gasteiger partial charge in [0.05, 0.1) is 17.6 Å². The number of para-hydroxylation sites is 1. The molecule has 4 nitrogen and oxygen atoms in total. The number of aromatic nitrogens is 2. The van der Waals surface area contributed by atoms with Crippen LogP contribution >= 0.6 is 0 Å². The molecule has 18 heavy (non-hydrogen) atoms. The van der Waals surface area contributed by atoms with E-state index in [1.807, 2.05) is 38.1 Å². The van der Waals surface area contributed by atoms with Crippen LogP contribution in [0.25, 0.3) is 5.69 Å². The Morgan fingerprint density at radius 2 is 2.11 bits per heavy atom. The van der Waals surface area contributed by atoms with Gasteiger partial charge in [-0.15, -0.1) is 0 Å². The summed E-state index contributed by atoms with van der Waals surface area (Å²) in [6.07, 6.45) is 3.02. The number of hydrogen-bond acceptors (Lipinski definition) is 2. The van der Waals surface area contributed by atoms with Crippen LogP contribution in [0, 0.1) is 6.92 Å². The van der Waals surface area contributed by atoms with Gasteiger partial charge in [-0.3, -0.25) is 0 Å². The second-order valence-electron chi connectivity index (χ2n) is 4.26. The van der Waals surface area contributed by atoms with E-state index in [-0.39, 0.29) is 0 Å². The summed E-state index contributed by atoms with van der Waals surface area (Å²) in [5.41, 5.74) is 3.07. The van der Waals surface area contributed by atoms with E-state index in [1.54, 1.807) is 4.68 Å². The quantitative estimate of drug-likeness (QED) is 0.899. The molecule has 0 aliphatic rings. The van der Waals surface area contributed by atoms with Crippen molar-refractivity contribution < 1.29 is 9.90 Å². The van der Waals surface area contributed by atoms with E-state index >= 15 is 0 Å². The van der Waals surface area contributed by atoms with E-state index in [2.05, 4.69) is 5.10 Å². The minimum Gasteiger partial charge on any atom is -0.478 e. The van der Waals surface area contributed by atoms with E-state index in [4.69, 9.17) is 5.11 Å². The predicted molar refractivity (Wildman–Crippen MR) is 69.3 cm³/mol. The van der Waals surface area contributed by atoms with Crippen LogP contribution in [0.2, 0.25) is 0 Å². The van der Waals surface area contributed by atoms with Gasteiger partial charge in [0.25, 0.3) is 0 Å². The van der Waals surface area contributed by atoms with E-state index < -0.39 is 5.97 Å². The third kappa shape index (κ3) is 2.14. The number of aryl methyl sites for hydroxylation is 1. The van der Waals surface area contributed by atoms with Crippen molar-refractivity contribution in [2.24, 2.45) is 0 Å². The average Bonchev–Trinajstić information content (AvgIpc) is 2.74. The molecule has 1 N–H and O–H groups in total. The smallest absolute Gasteiger partial charge is 0.339 e. The van der Waals surface area contributed by atoms with E-state index in [1.165, 1.54) is 6.20 Å². The molecule has 2 aromatic rings. The van der Waals surface area contributed by atoms with Crippen molar-refractivity contribution in [2.75, 3.05) is 0 Å². The zero-order valence-electron chi connectivity index (χ0n) is 10.6. The Morgan fingerprint density at radius 1 is 1.39 bits per heavy atom. The zero-order chi connectivity index (χ0) is 13.1. The molecule has 0 spiro atoms. The molecule has 0 saturated carbocycles. The summed E-state index contributed by atoms with van der Waals surface area (Å²) in [6.45, 7) is 4.02. The highest BCUT2D eigenvalue weighted by molar-refractivity contribution is 5.88. The maximum absolute atomic E-state index is 11.2. The highest BCUT2D eigenvalue weighted by Gasteiger charge is 2.17. The summed E-state index contributed by atoms with van der Waals surface area (Å²) >= 11 is 0. The topological polar surface area (TPSA) is 55.1 Å². The van der Waals surface area contributed by atoms with E-state index in [0.717, 1.165) is 23.4 Å². The van der Waals surface area contributed by atoms with Crippen molar-refractivity contribution in [3.05, 3.63) is 47.3 Å². The molecule has 0 amide bonds. The van der Waals surface area contributed by atoms with E-state index in [0.29, 0.717) is 12.0 Å². The number of carboxylic acids is 1. The lowest BCUT2D eigenvalue weighted by Crippen LogP contribution is -2.07. The molecule has 0 fully saturated rings. The Balaban J connectivity index is 2.58. The summed E-state index contributed by atoms with van der Waals surface area (Å²) in [6, 6.07) is 7.83. The summed E-state index contributed by atoms with van der Waals surface area (Å²) in [4.78, 5) is 11.2. The van der Waals surface area contributed by atoms with Crippen molar-refractivity contribution in [1.82, 2.24) is 9.78 Å². The lowest BCUT2D eigenvalue weighted by molar-refractivity contribution is 0.0695. The molecule has 2 rings (SSSR count). The summed E-state index contributed by atoms with van der Waals surface area (Å²) in [5.74, 6) is -0.918. The number of carboxylic acid groups (broad SMARTS) is 1. The van der Waals surface area contributed by atoms with Gasteiger partial charge in [-0.05, 0) is 25.0 Å². The van der Waals surface area contributed by atoms with Crippen LogP contribution in [0.15, 0.2) is 30.5 Å². The largest absolute Gasteiger partial charge is 0.478 e. The van der Waals surface area contributed by atoms with E-state index in [9.17, 15) is 4.79 Å². The summed E-state index contributed by atoms with van der Waals surface area (Å²) in [7, 11) is 0. The Hall–Kier alpha value is -2.10. The Bertz CT molecular complexity index is 573. The van der Waals surface area contributed by atoms with Gasteiger partial charge in [-0.25, -0.2) is 9.48 Å². The number of hydrogen-bond donors (Lipinski definition) is 1. The number of rotatable bonds is 4. The molecule has 0 aliphatic heterocycles. The molecule has 0 saturated heterocycles. The Morgan fingerprint density at radius 3 is 2.72 bits per heavy atom. The standard InChI is InChI=1S/C14H16N2O2/c1-3-6-13-11(14(17)18)9-15-16(13)12-8-5-4-7-10(12)2/h4-5,7-9H,3,6H2,1-2H3,(H,17,18). The van der Waals surface area contributed by atoms with Crippen LogP contribution < -0.4 is 0 Å². The van der Waals surface area contributed by atoms with Gasteiger partial charge < -0.3 is 5.11 Å². The van der Waals surface area contributed by atoms with Crippen LogP contribution in [0.3, 0.4) is 0 Å². The predicted octanol–water partition coefficient (Wildman–Crippen LogP) is 2.83. The minimum atomic E-state index is -0.918. The summed E-state index contributed by atoms with van der Waals surface area (Å²) < 4.78 is 1.74. The molecular formula is C14H16N2O2. The number of aromatic carboxylic acids is 1. The maximum Gasteiger partial charge on any atom is 0.339 e. The molecule has 1 aromatic carbocycles. The monoisotopic (exact) mass is 244 g/mol. The molecule has 1 heterocycles. The van der Waals surface area contributed by atoms with Crippen molar-refractivity contribution >= 4 is 5.97 Å². The van der Waals surface area contributed by atoms with Crippen LogP contribution in [0.5, 0.6) is 0 Å². The lowest BCUT2D eigenvalue weighted by Gasteiger charge is -2.10. The lowest BCUT2D eigenvalue weighted by atomic mass is 10.1. The Labute approximate surface area is 106 Å². The molecule has 0 radical (unpaired) electrons. The molecule has 0 unspecified atom stereocenters. The van der Waals surface area contributed by atoms with Crippen molar-refractivity contribution in [3.63, 3.8) is 0 Å². The maximum atomic E-state index is 11.2. The third-order valence-corrected chi connectivity index (χ3v) is 2.93. The van der Waals surface area contributed by atoms with Gasteiger partial charge >= 0.3 is 5.97 Å². The first kappa shape index (κ1) is 12.4. The van der Waals surface area contributed by atoms with Crippen LogP contribution in [0.1, 0.15) is 35.0 Å². The molecule has 0 bridgehead atoms. The first-order chi connectivity index (χ1) is 8.65. The third-order valence-electron chi connectivity index (χ3n) is 2.93. The minimum absolute atomic E-state index is 0.292. The number of benzene rings is 1. The van der Waals surface area contributed by atoms with Crippen LogP contribution in [-0.2, 0) is 6.42 Å². The Kier molecular flexibility index (Phi) is 3.46. The van der Waals surface area contributed by atoms with Gasteiger partial charge in [0.15, 0.2) is 0 Å². The second-order valence-corrected chi connectivity index (χ2v) is 4.26. The highest BCUT2D eigenvalue weighted by atomic mass is 16.4. The molecule has 94 valence electrons. The second kappa shape index (κ2) is 5.04.